The first kappa shape index (κ1) is 23.3. The van der Waals surface area contributed by atoms with Crippen LogP contribution in [0, 0.1) is 18.8 Å². The molecule has 0 bridgehead atoms. The number of carbonyl (C=O) groups excluding carboxylic acids is 1. The molecule has 0 radical (unpaired) electrons. The van der Waals surface area contributed by atoms with E-state index in [-0.39, 0.29) is 5.91 Å². The van der Waals surface area contributed by atoms with Crippen LogP contribution in [-0.4, -0.2) is 59.1 Å². The van der Waals surface area contributed by atoms with Crippen LogP contribution in [0.3, 0.4) is 0 Å². The van der Waals surface area contributed by atoms with Crippen molar-refractivity contribution in [3.63, 3.8) is 0 Å². The topological polar surface area (TPSA) is 64.3 Å². The molecule has 1 fully saturated rings. The number of fused-ring (bicyclic) bond motifs is 1. The number of benzene rings is 2. The molecule has 2 N–H and O–H groups in total. The molecule has 1 amide bonds. The van der Waals surface area contributed by atoms with Crippen molar-refractivity contribution >= 4 is 33.8 Å². The Morgan fingerprint density at radius 1 is 1.11 bits per heavy atom. The monoisotopic (exact) mass is 483 g/mol. The number of thiophene rings is 1. The number of aromatic amines is 1. The van der Waals surface area contributed by atoms with Crippen LogP contribution in [0.5, 0.6) is 0 Å². The van der Waals surface area contributed by atoms with Gasteiger partial charge in [0.2, 0.25) is 5.91 Å². The van der Waals surface area contributed by atoms with Gasteiger partial charge in [-0.2, -0.15) is 5.10 Å². The van der Waals surface area contributed by atoms with Crippen molar-refractivity contribution in [2.75, 3.05) is 38.5 Å². The van der Waals surface area contributed by atoms with E-state index in [2.05, 4.69) is 62.4 Å². The predicted octanol–water partition coefficient (Wildman–Crippen LogP) is 4.26. The first-order chi connectivity index (χ1) is 17.0. The minimum absolute atomic E-state index is 0.0248. The van der Waals surface area contributed by atoms with Gasteiger partial charge in [-0.25, -0.2) is 0 Å². The van der Waals surface area contributed by atoms with E-state index >= 15 is 0 Å². The number of anilines is 1. The molecule has 2 aromatic heterocycles. The minimum Gasteiger partial charge on any atom is -0.326 e. The molecule has 0 spiro atoms. The van der Waals surface area contributed by atoms with Gasteiger partial charge in [0.25, 0.3) is 0 Å². The third-order valence-electron chi connectivity index (χ3n) is 6.35. The van der Waals surface area contributed by atoms with Crippen LogP contribution >= 0.6 is 11.3 Å². The zero-order valence-corrected chi connectivity index (χ0v) is 20.9. The van der Waals surface area contributed by atoms with Gasteiger partial charge < -0.3 is 10.2 Å². The van der Waals surface area contributed by atoms with Crippen LogP contribution in [-0.2, 0) is 17.8 Å². The molecule has 35 heavy (non-hydrogen) atoms. The lowest BCUT2D eigenvalue weighted by molar-refractivity contribution is -0.115. The summed E-state index contributed by atoms with van der Waals surface area (Å²) in [6.45, 7) is 7.34. The maximum Gasteiger partial charge on any atom is 0.229 e. The van der Waals surface area contributed by atoms with Crippen molar-refractivity contribution in [3.05, 3.63) is 81.2 Å². The van der Waals surface area contributed by atoms with Gasteiger partial charge in [0.05, 0.1) is 11.9 Å². The Morgan fingerprint density at radius 2 is 1.97 bits per heavy atom. The molecule has 1 aliphatic rings. The lowest BCUT2D eigenvalue weighted by atomic mass is 10.1. The summed E-state index contributed by atoms with van der Waals surface area (Å²) in [6, 6.07) is 16.3. The van der Waals surface area contributed by atoms with Gasteiger partial charge in [-0.3, -0.25) is 14.8 Å². The minimum atomic E-state index is -0.0248. The zero-order valence-electron chi connectivity index (χ0n) is 20.1. The number of carbonyl (C=O) groups is 1. The molecule has 6 nitrogen and oxygen atoms in total. The Balaban J connectivity index is 1.32. The Morgan fingerprint density at radius 3 is 2.77 bits per heavy atom. The Hall–Kier alpha value is -3.44. The molecule has 0 saturated carbocycles. The summed E-state index contributed by atoms with van der Waals surface area (Å²) >= 11 is 1.59. The van der Waals surface area contributed by atoms with Crippen molar-refractivity contribution in [2.45, 2.75) is 19.9 Å². The molecule has 0 unspecified atom stereocenters. The smallest absolute Gasteiger partial charge is 0.229 e. The van der Waals surface area contributed by atoms with Gasteiger partial charge >= 0.3 is 0 Å². The second kappa shape index (κ2) is 10.4. The fourth-order valence-corrected chi connectivity index (χ4v) is 5.01. The van der Waals surface area contributed by atoms with Crippen LogP contribution in [0.15, 0.2) is 53.9 Å². The summed E-state index contributed by atoms with van der Waals surface area (Å²) < 4.78 is 0. The Kier molecular flexibility index (Phi) is 6.96. The molecule has 0 aliphatic carbocycles. The van der Waals surface area contributed by atoms with Gasteiger partial charge in [0, 0.05) is 54.2 Å². The number of aryl methyl sites for hydroxylation is 1. The van der Waals surface area contributed by atoms with Crippen molar-refractivity contribution in [2.24, 2.45) is 0 Å². The number of amides is 1. The van der Waals surface area contributed by atoms with E-state index in [0.29, 0.717) is 6.42 Å². The van der Waals surface area contributed by atoms with Crippen LogP contribution < -0.4 is 5.32 Å². The van der Waals surface area contributed by atoms with Crippen molar-refractivity contribution < 1.29 is 4.79 Å². The van der Waals surface area contributed by atoms with E-state index in [1.807, 2.05) is 42.6 Å². The molecule has 7 heteroatoms. The highest BCUT2D eigenvalue weighted by atomic mass is 32.1. The predicted molar refractivity (Wildman–Crippen MR) is 143 cm³/mol. The highest BCUT2D eigenvalue weighted by Gasteiger charge is 2.14. The van der Waals surface area contributed by atoms with Gasteiger partial charge in [0.1, 0.15) is 5.69 Å². The number of piperazine rings is 1. The Labute approximate surface area is 210 Å². The molecular formula is C28H29N5OS. The maximum atomic E-state index is 12.5. The zero-order chi connectivity index (χ0) is 24.2. The molecule has 1 aliphatic heterocycles. The lowest BCUT2D eigenvalue weighted by Gasteiger charge is -2.32. The highest BCUT2D eigenvalue weighted by molar-refractivity contribution is 7.10. The molecule has 4 aromatic rings. The summed E-state index contributed by atoms with van der Waals surface area (Å²) in [4.78, 5) is 18.4. The second-order valence-corrected chi connectivity index (χ2v) is 10.1. The standard InChI is InChI=1S/C28H29N5OS/c1-20-15-27-24(18-26(20)29-28(34)17-23-7-4-14-35-23)25(30-31-27)9-8-21-5-3-6-22(16-21)19-33-12-10-32(2)11-13-33/h3-7,14-16,18H,10-13,17,19H2,1-2H3,(H,29,34)(H,30,31). The normalized spacial score (nSPS) is 14.6. The Bertz CT molecular complexity index is 1390. The fraction of sp³-hybridized carbons (Fsp3) is 0.286. The van der Waals surface area contributed by atoms with E-state index in [1.165, 1.54) is 5.56 Å². The summed E-state index contributed by atoms with van der Waals surface area (Å²) in [5.74, 6) is 6.53. The van der Waals surface area contributed by atoms with Crippen LogP contribution in [0.2, 0.25) is 0 Å². The van der Waals surface area contributed by atoms with Gasteiger partial charge in [-0.1, -0.05) is 24.1 Å². The lowest BCUT2D eigenvalue weighted by Crippen LogP contribution is -2.43. The van der Waals surface area contributed by atoms with Crippen LogP contribution in [0.4, 0.5) is 5.69 Å². The maximum absolute atomic E-state index is 12.5. The summed E-state index contributed by atoms with van der Waals surface area (Å²) in [6.07, 6.45) is 0.373. The molecular weight excluding hydrogens is 454 g/mol. The molecule has 2 aromatic carbocycles. The van der Waals surface area contributed by atoms with E-state index in [4.69, 9.17) is 0 Å². The molecule has 3 heterocycles. The van der Waals surface area contributed by atoms with E-state index in [9.17, 15) is 4.79 Å². The number of nitrogens with zero attached hydrogens (tertiary/aromatic N) is 3. The quantitative estimate of drug-likeness (QED) is 0.417. The second-order valence-electron chi connectivity index (χ2n) is 9.12. The van der Waals surface area contributed by atoms with E-state index in [0.717, 1.165) is 71.0 Å². The van der Waals surface area contributed by atoms with Gasteiger partial charge in [-0.05, 0) is 66.7 Å². The van der Waals surface area contributed by atoms with E-state index < -0.39 is 0 Å². The fourth-order valence-electron chi connectivity index (χ4n) is 4.30. The highest BCUT2D eigenvalue weighted by Crippen LogP contribution is 2.25. The number of rotatable bonds is 5. The number of H-pyrrole nitrogens is 1. The number of hydrogen-bond acceptors (Lipinski definition) is 5. The molecule has 0 atom stereocenters. The molecule has 178 valence electrons. The summed E-state index contributed by atoms with van der Waals surface area (Å²) in [5.41, 5.74) is 5.61. The summed E-state index contributed by atoms with van der Waals surface area (Å²) in [7, 11) is 2.18. The third kappa shape index (κ3) is 5.80. The first-order valence-corrected chi connectivity index (χ1v) is 12.7. The largest absolute Gasteiger partial charge is 0.326 e. The first-order valence-electron chi connectivity index (χ1n) is 11.9. The average Bonchev–Trinajstić information content (AvgIpc) is 3.49. The van der Waals surface area contributed by atoms with Crippen LogP contribution in [0.25, 0.3) is 10.9 Å². The van der Waals surface area contributed by atoms with Gasteiger partial charge in [-0.15, -0.1) is 11.3 Å². The van der Waals surface area contributed by atoms with Crippen molar-refractivity contribution in [1.82, 2.24) is 20.0 Å². The molecule has 5 rings (SSSR count). The average molecular weight is 484 g/mol. The third-order valence-corrected chi connectivity index (χ3v) is 7.23. The molecule has 1 saturated heterocycles. The van der Waals surface area contributed by atoms with Crippen molar-refractivity contribution in [3.8, 4) is 11.8 Å². The number of nitrogens with one attached hydrogen (secondary N) is 2. The summed E-state index contributed by atoms with van der Waals surface area (Å²) in [5, 5.41) is 13.4. The van der Waals surface area contributed by atoms with E-state index in [1.54, 1.807) is 11.3 Å². The number of aromatic nitrogens is 2. The van der Waals surface area contributed by atoms with Gasteiger partial charge in [0.15, 0.2) is 0 Å². The number of likely N-dealkylation sites (N-methyl/N-ethyl adjacent to an activating group) is 1. The van der Waals surface area contributed by atoms with Crippen molar-refractivity contribution in [1.29, 1.82) is 0 Å². The van der Waals surface area contributed by atoms with Crippen LogP contribution in [0.1, 0.15) is 27.3 Å². The SMILES string of the molecule is Cc1cc2n[nH]c(C#Cc3cccc(CN4CCN(C)CC4)c3)c2cc1NC(=O)Cc1cccs1. The number of hydrogen-bond donors (Lipinski definition) is 2.